The normalized spacial score (nSPS) is 12.2. The molecule has 3 aromatic heterocycles. The van der Waals surface area contributed by atoms with E-state index in [1.165, 1.54) is 38.3 Å². The first-order valence-corrected chi connectivity index (χ1v) is 19.2. The molecule has 0 saturated heterocycles. The predicted molar refractivity (Wildman–Crippen MR) is 237 cm³/mol. The molecule has 10 aromatic rings. The molecule has 0 spiro atoms. The van der Waals surface area contributed by atoms with Gasteiger partial charge in [0.2, 0.25) is 0 Å². The van der Waals surface area contributed by atoms with E-state index >= 15 is 0 Å². The van der Waals surface area contributed by atoms with Gasteiger partial charge in [-0.25, -0.2) is 15.0 Å². The van der Waals surface area contributed by atoms with Crippen molar-refractivity contribution in [2.75, 3.05) is 0 Å². The minimum Gasteiger partial charge on any atom is -0.309 e. The van der Waals surface area contributed by atoms with Crippen LogP contribution in [0.25, 0.3) is 102 Å². The monoisotopic (exact) mass is 731 g/mol. The van der Waals surface area contributed by atoms with Gasteiger partial charge in [0.25, 0.3) is 0 Å². The van der Waals surface area contributed by atoms with E-state index in [4.69, 9.17) is 15.0 Å². The molecule has 5 nitrogen and oxygen atoms in total. The van der Waals surface area contributed by atoms with E-state index in [9.17, 15) is 0 Å². The fourth-order valence-electron chi connectivity index (χ4n) is 8.08. The highest BCUT2D eigenvalue weighted by Crippen LogP contribution is 2.35. The number of nitrogens with zero attached hydrogens (tertiary/aromatic N) is 5. The summed E-state index contributed by atoms with van der Waals surface area (Å²) in [6.07, 6.45) is 6.16. The topological polar surface area (TPSA) is 48.5 Å². The molecule has 0 unspecified atom stereocenters. The van der Waals surface area contributed by atoms with Gasteiger partial charge < -0.3 is 9.13 Å². The van der Waals surface area contributed by atoms with Crippen molar-refractivity contribution in [1.82, 2.24) is 24.1 Å². The summed E-state index contributed by atoms with van der Waals surface area (Å²) < 4.78 is 4.67. The Hall–Kier alpha value is -7.63. The third-order valence-electron chi connectivity index (χ3n) is 10.7. The maximum atomic E-state index is 4.95. The van der Waals surface area contributed by atoms with E-state index < -0.39 is 0 Å². The van der Waals surface area contributed by atoms with Crippen LogP contribution >= 0.6 is 0 Å². The van der Waals surface area contributed by atoms with Crippen molar-refractivity contribution in [3.05, 3.63) is 199 Å². The van der Waals surface area contributed by atoms with Gasteiger partial charge in [-0.05, 0) is 90.9 Å². The highest BCUT2D eigenvalue weighted by molar-refractivity contribution is 6.10. The van der Waals surface area contributed by atoms with Gasteiger partial charge in [-0.1, -0.05) is 128 Å². The van der Waals surface area contributed by atoms with Gasteiger partial charge >= 0.3 is 0 Å². The Kier molecular flexibility index (Phi) is 8.46. The third-order valence-corrected chi connectivity index (χ3v) is 10.7. The van der Waals surface area contributed by atoms with E-state index in [0.717, 1.165) is 44.1 Å². The molecule has 0 amide bonds. The Morgan fingerprint density at radius 2 is 0.877 bits per heavy atom. The number of hydrogen-bond donors (Lipinski definition) is 0. The second-order valence-electron chi connectivity index (χ2n) is 14.1. The molecule has 0 aliphatic rings. The summed E-state index contributed by atoms with van der Waals surface area (Å²) in [5, 5.41) is 5.89. The number of fused-ring (bicyclic) bond motifs is 4. The van der Waals surface area contributed by atoms with Crippen LogP contribution in [0.5, 0.6) is 0 Å². The number of para-hydroxylation sites is 2. The van der Waals surface area contributed by atoms with E-state index in [2.05, 4.69) is 150 Å². The number of benzene rings is 7. The predicted octanol–water partition coefficient (Wildman–Crippen LogP) is 11.3. The van der Waals surface area contributed by atoms with Crippen molar-refractivity contribution in [2.45, 2.75) is 6.92 Å². The lowest BCUT2D eigenvalue weighted by molar-refractivity contribution is 1.06. The Morgan fingerprint density at radius 1 is 0.421 bits per heavy atom. The zero-order valence-corrected chi connectivity index (χ0v) is 31.4. The van der Waals surface area contributed by atoms with E-state index in [1.54, 1.807) is 0 Å². The zero-order valence-electron chi connectivity index (χ0n) is 31.4. The largest absolute Gasteiger partial charge is 0.309 e. The fourth-order valence-corrected chi connectivity index (χ4v) is 8.08. The summed E-state index contributed by atoms with van der Waals surface area (Å²) in [5.74, 6) is 1.91. The highest BCUT2D eigenvalue weighted by atomic mass is 15.0. The molecule has 3 heterocycles. The zero-order chi connectivity index (χ0) is 38.3. The second kappa shape index (κ2) is 14.2. The van der Waals surface area contributed by atoms with Gasteiger partial charge in [-0.2, -0.15) is 0 Å². The Bertz CT molecular complexity index is 3180. The fraction of sp³-hybridized carbons (Fsp3) is 0.0192. The van der Waals surface area contributed by atoms with E-state index in [-0.39, 0.29) is 0 Å². The molecular weight excluding hydrogens is 695 g/mol. The van der Waals surface area contributed by atoms with Crippen LogP contribution in [0, 0.1) is 0 Å². The van der Waals surface area contributed by atoms with Gasteiger partial charge in [0.05, 0.1) is 21.9 Å². The molecule has 57 heavy (non-hydrogen) atoms. The lowest BCUT2D eigenvalue weighted by Crippen LogP contribution is -2.27. The molecule has 5 heteroatoms. The summed E-state index contributed by atoms with van der Waals surface area (Å²) in [4.78, 5) is 14.8. The number of aromatic nitrogens is 5. The van der Waals surface area contributed by atoms with Crippen LogP contribution < -0.4 is 10.6 Å². The van der Waals surface area contributed by atoms with Gasteiger partial charge in [0.15, 0.2) is 17.5 Å². The van der Waals surface area contributed by atoms with Gasteiger partial charge in [0.1, 0.15) is 0 Å². The van der Waals surface area contributed by atoms with Crippen molar-refractivity contribution < 1.29 is 0 Å². The maximum absolute atomic E-state index is 4.95. The molecule has 0 bridgehead atoms. The summed E-state index contributed by atoms with van der Waals surface area (Å²) in [6, 6.07) is 61.6. The van der Waals surface area contributed by atoms with E-state index in [0.29, 0.717) is 17.5 Å². The first kappa shape index (κ1) is 33.9. The minimum absolute atomic E-state index is 0.626. The van der Waals surface area contributed by atoms with Crippen molar-refractivity contribution in [2.24, 2.45) is 0 Å². The van der Waals surface area contributed by atoms with Crippen molar-refractivity contribution in [1.29, 1.82) is 0 Å². The molecule has 0 atom stereocenters. The smallest absolute Gasteiger partial charge is 0.164 e. The molecule has 10 rings (SSSR count). The van der Waals surface area contributed by atoms with Gasteiger partial charge in [-0.3, -0.25) is 0 Å². The number of rotatable bonds is 7. The number of hydrogen-bond acceptors (Lipinski definition) is 3. The van der Waals surface area contributed by atoms with Crippen LogP contribution in [0.3, 0.4) is 0 Å². The highest BCUT2D eigenvalue weighted by Gasteiger charge is 2.16. The van der Waals surface area contributed by atoms with Gasteiger partial charge in [-0.15, -0.1) is 0 Å². The van der Waals surface area contributed by atoms with Crippen molar-refractivity contribution >= 4 is 44.9 Å². The van der Waals surface area contributed by atoms with Crippen LogP contribution in [-0.2, 0) is 0 Å². The van der Waals surface area contributed by atoms with Crippen LogP contribution in [-0.4, -0.2) is 24.1 Å². The minimum atomic E-state index is 0.626. The summed E-state index contributed by atoms with van der Waals surface area (Å²) in [7, 11) is 0. The molecule has 0 aliphatic carbocycles. The molecule has 0 aliphatic heterocycles. The third kappa shape index (κ3) is 5.94. The molecule has 270 valence electrons. The lowest BCUT2D eigenvalue weighted by Gasteiger charge is -2.11. The van der Waals surface area contributed by atoms with Crippen LogP contribution in [0.15, 0.2) is 189 Å². The molecule has 0 N–H and O–H groups in total. The van der Waals surface area contributed by atoms with Crippen molar-refractivity contribution in [3.63, 3.8) is 0 Å². The first-order valence-electron chi connectivity index (χ1n) is 19.2. The SMILES string of the molecule is C=C/C=c1\c(=C/C)c2cc(-c3ccc4c(c3)c3ccccc3n4-c3ccccc3)ccc2n1-c1ccc(-c2nc(-c3ccccc3)nc(-c3ccccc3)n2)cc1. The Labute approximate surface area is 330 Å². The summed E-state index contributed by atoms with van der Waals surface area (Å²) in [5.41, 5.74) is 10.8. The molecule has 0 fully saturated rings. The lowest BCUT2D eigenvalue weighted by atomic mass is 10.0. The first-order chi connectivity index (χ1) is 28.2. The quantitative estimate of drug-likeness (QED) is 0.164. The molecule has 7 aromatic carbocycles. The Balaban J connectivity index is 1.08. The standard InChI is InChI=1S/C52H37N5/c1-3-16-46-42(4-2)44-33-38(39-28-32-49-45(34-39)43-23-14-15-24-47(43)56(49)40-21-12-7-13-22-40)27-31-48(44)57(46)41-29-25-37(26-30-41)52-54-50(35-17-8-5-9-18-35)53-51(55-52)36-19-10-6-11-20-36/h3-34H,1H2,2H3/b42-4-,46-16+. The average Bonchev–Trinajstić information content (AvgIpc) is 3.78. The Morgan fingerprint density at radius 3 is 1.46 bits per heavy atom. The molecule has 0 saturated carbocycles. The molecular formula is C52H37N5. The number of allylic oxidation sites excluding steroid dienone is 1. The maximum Gasteiger partial charge on any atom is 0.164 e. The van der Waals surface area contributed by atoms with Gasteiger partial charge in [0, 0.05) is 49.4 Å². The van der Waals surface area contributed by atoms with E-state index in [1.807, 2.05) is 66.7 Å². The van der Waals surface area contributed by atoms with Crippen molar-refractivity contribution in [3.8, 4) is 56.7 Å². The molecule has 0 radical (unpaired) electrons. The average molecular weight is 732 g/mol. The summed E-state index contributed by atoms with van der Waals surface area (Å²) in [6.45, 7) is 6.20. The van der Waals surface area contributed by atoms with Crippen LogP contribution in [0.2, 0.25) is 0 Å². The second-order valence-corrected chi connectivity index (χ2v) is 14.1. The summed E-state index contributed by atoms with van der Waals surface area (Å²) >= 11 is 0. The van der Waals surface area contributed by atoms with Crippen LogP contribution in [0.1, 0.15) is 6.92 Å². The van der Waals surface area contributed by atoms with Crippen LogP contribution in [0.4, 0.5) is 0 Å².